The summed E-state index contributed by atoms with van der Waals surface area (Å²) < 4.78 is 0. The minimum absolute atomic E-state index is 0.367. The van der Waals surface area contributed by atoms with E-state index in [2.05, 4.69) is 48.8 Å². The molecular formula is C15H23NOS2. The molecule has 3 atom stereocenters. The fraction of sp³-hybridized carbons (Fsp3) is 0.600. The molecule has 1 aromatic carbocycles. The SMILES string of the molecule is CCNC(Cc1cccc(O)c1)C1SCCSC1C. The van der Waals surface area contributed by atoms with E-state index in [4.69, 9.17) is 0 Å². The number of nitrogens with one attached hydrogen (secondary N) is 1. The lowest BCUT2D eigenvalue weighted by molar-refractivity contribution is 0.471. The second-order valence-corrected chi connectivity index (χ2v) is 7.72. The Balaban J connectivity index is 2.06. The Labute approximate surface area is 124 Å². The average molecular weight is 297 g/mol. The largest absolute Gasteiger partial charge is 0.508 e. The Morgan fingerprint density at radius 1 is 1.37 bits per heavy atom. The summed E-state index contributed by atoms with van der Waals surface area (Å²) in [6.07, 6.45) is 0.991. The first kappa shape index (κ1) is 15.1. The molecule has 1 aliphatic heterocycles. The summed E-state index contributed by atoms with van der Waals surface area (Å²) in [7, 11) is 0. The predicted molar refractivity (Wildman–Crippen MR) is 87.4 cm³/mol. The van der Waals surface area contributed by atoms with Crippen molar-refractivity contribution in [1.82, 2.24) is 5.32 Å². The van der Waals surface area contributed by atoms with E-state index in [9.17, 15) is 5.11 Å². The summed E-state index contributed by atoms with van der Waals surface area (Å²) in [4.78, 5) is 0. The molecule has 4 heteroatoms. The van der Waals surface area contributed by atoms with Crippen LogP contribution in [0.15, 0.2) is 24.3 Å². The van der Waals surface area contributed by atoms with Gasteiger partial charge < -0.3 is 10.4 Å². The molecule has 0 spiro atoms. The van der Waals surface area contributed by atoms with Gasteiger partial charge in [0.25, 0.3) is 0 Å². The van der Waals surface area contributed by atoms with Gasteiger partial charge in [0.05, 0.1) is 0 Å². The normalized spacial score (nSPS) is 25.2. The fourth-order valence-corrected chi connectivity index (χ4v) is 5.56. The smallest absolute Gasteiger partial charge is 0.115 e. The molecule has 2 rings (SSSR count). The number of hydrogen-bond donors (Lipinski definition) is 2. The van der Waals surface area contributed by atoms with Gasteiger partial charge in [0, 0.05) is 28.0 Å². The minimum Gasteiger partial charge on any atom is -0.508 e. The molecule has 1 aliphatic rings. The van der Waals surface area contributed by atoms with Crippen LogP contribution in [0.1, 0.15) is 19.4 Å². The Bertz CT molecular complexity index is 399. The molecule has 0 aliphatic carbocycles. The number of benzene rings is 1. The van der Waals surface area contributed by atoms with Crippen LogP contribution in [0.4, 0.5) is 0 Å². The molecule has 0 aromatic heterocycles. The molecule has 0 radical (unpaired) electrons. The number of aromatic hydroxyl groups is 1. The Morgan fingerprint density at radius 3 is 2.84 bits per heavy atom. The molecule has 0 amide bonds. The molecule has 1 heterocycles. The van der Waals surface area contributed by atoms with Crippen LogP contribution in [0.2, 0.25) is 0 Å². The van der Waals surface area contributed by atoms with Crippen LogP contribution < -0.4 is 5.32 Å². The van der Waals surface area contributed by atoms with E-state index in [1.54, 1.807) is 6.07 Å². The van der Waals surface area contributed by atoms with E-state index < -0.39 is 0 Å². The zero-order valence-electron chi connectivity index (χ0n) is 11.6. The Morgan fingerprint density at radius 2 is 2.16 bits per heavy atom. The highest BCUT2D eigenvalue weighted by Gasteiger charge is 2.29. The van der Waals surface area contributed by atoms with Gasteiger partial charge >= 0.3 is 0 Å². The van der Waals surface area contributed by atoms with E-state index in [-0.39, 0.29) is 0 Å². The molecule has 1 aromatic rings. The molecule has 0 bridgehead atoms. The van der Waals surface area contributed by atoms with Crippen molar-refractivity contribution in [3.8, 4) is 5.75 Å². The Kier molecular flexibility index (Phi) is 5.92. The molecule has 19 heavy (non-hydrogen) atoms. The van der Waals surface area contributed by atoms with Gasteiger partial charge in [-0.15, -0.1) is 0 Å². The fourth-order valence-electron chi connectivity index (χ4n) is 2.60. The first-order chi connectivity index (χ1) is 9.20. The molecule has 2 N–H and O–H groups in total. The van der Waals surface area contributed by atoms with E-state index in [1.165, 1.54) is 17.1 Å². The number of hydrogen-bond acceptors (Lipinski definition) is 4. The van der Waals surface area contributed by atoms with E-state index in [0.29, 0.717) is 22.3 Å². The van der Waals surface area contributed by atoms with Crippen molar-refractivity contribution in [3.05, 3.63) is 29.8 Å². The third-order valence-corrected chi connectivity index (χ3v) is 6.72. The molecule has 106 valence electrons. The molecule has 0 saturated carbocycles. The second-order valence-electron chi connectivity index (χ2n) is 4.95. The van der Waals surface area contributed by atoms with Gasteiger partial charge in [-0.3, -0.25) is 0 Å². The van der Waals surface area contributed by atoms with Crippen LogP contribution in [0.5, 0.6) is 5.75 Å². The zero-order chi connectivity index (χ0) is 13.7. The third-order valence-electron chi connectivity index (χ3n) is 3.47. The van der Waals surface area contributed by atoms with Gasteiger partial charge in [-0.25, -0.2) is 0 Å². The highest BCUT2D eigenvalue weighted by atomic mass is 32.2. The maximum Gasteiger partial charge on any atom is 0.115 e. The lowest BCUT2D eigenvalue weighted by Crippen LogP contribution is -2.45. The first-order valence-electron chi connectivity index (χ1n) is 6.95. The van der Waals surface area contributed by atoms with Gasteiger partial charge in [0.1, 0.15) is 5.75 Å². The molecular weight excluding hydrogens is 274 g/mol. The summed E-state index contributed by atoms with van der Waals surface area (Å²) in [5, 5.41) is 14.6. The monoisotopic (exact) mass is 297 g/mol. The van der Waals surface area contributed by atoms with Gasteiger partial charge in [-0.1, -0.05) is 26.0 Å². The number of phenolic OH excluding ortho intramolecular Hbond substituents is 1. The number of likely N-dealkylation sites (N-methyl/N-ethyl adjacent to an activating group) is 1. The zero-order valence-corrected chi connectivity index (χ0v) is 13.3. The number of phenols is 1. The van der Waals surface area contributed by atoms with Crippen LogP contribution in [-0.2, 0) is 6.42 Å². The number of rotatable bonds is 5. The summed E-state index contributed by atoms with van der Waals surface area (Å²) in [6.45, 7) is 5.51. The van der Waals surface area contributed by atoms with Gasteiger partial charge in [-0.2, -0.15) is 23.5 Å². The highest BCUT2D eigenvalue weighted by molar-refractivity contribution is 8.07. The first-order valence-corrected chi connectivity index (χ1v) is 9.05. The highest BCUT2D eigenvalue weighted by Crippen LogP contribution is 2.34. The lowest BCUT2D eigenvalue weighted by Gasteiger charge is -2.35. The van der Waals surface area contributed by atoms with Crippen molar-refractivity contribution in [2.24, 2.45) is 0 Å². The van der Waals surface area contributed by atoms with E-state index in [1.807, 2.05) is 12.1 Å². The summed E-state index contributed by atoms with van der Waals surface area (Å²) in [5.41, 5.74) is 1.22. The lowest BCUT2D eigenvalue weighted by atomic mass is 10.0. The van der Waals surface area contributed by atoms with Crippen LogP contribution in [0.3, 0.4) is 0 Å². The minimum atomic E-state index is 0.367. The molecule has 1 saturated heterocycles. The Hall–Kier alpha value is -0.320. The maximum atomic E-state index is 9.59. The van der Waals surface area contributed by atoms with Crippen LogP contribution >= 0.6 is 23.5 Å². The summed E-state index contributed by atoms with van der Waals surface area (Å²) in [5.74, 6) is 2.89. The average Bonchev–Trinajstić information content (AvgIpc) is 2.39. The molecule has 1 fully saturated rings. The maximum absolute atomic E-state index is 9.59. The number of thioether (sulfide) groups is 2. The van der Waals surface area contributed by atoms with Crippen molar-refractivity contribution in [3.63, 3.8) is 0 Å². The van der Waals surface area contributed by atoms with Crippen LogP contribution in [-0.4, -0.2) is 39.7 Å². The third kappa shape index (κ3) is 4.33. The van der Waals surface area contributed by atoms with Crippen molar-refractivity contribution in [1.29, 1.82) is 0 Å². The predicted octanol–water partition coefficient (Wildman–Crippen LogP) is 3.15. The quantitative estimate of drug-likeness (QED) is 0.874. The van der Waals surface area contributed by atoms with E-state index in [0.717, 1.165) is 13.0 Å². The van der Waals surface area contributed by atoms with Gasteiger partial charge in [0.15, 0.2) is 0 Å². The molecule has 3 unspecified atom stereocenters. The van der Waals surface area contributed by atoms with Gasteiger partial charge in [-0.05, 0) is 30.7 Å². The van der Waals surface area contributed by atoms with Crippen LogP contribution in [0.25, 0.3) is 0 Å². The molecule has 2 nitrogen and oxygen atoms in total. The second kappa shape index (κ2) is 7.46. The standard InChI is InChI=1S/C15H23NOS2/c1-3-16-14(15-11(2)18-7-8-19-15)10-12-5-4-6-13(17)9-12/h4-6,9,11,14-17H,3,7-8,10H2,1-2H3. The van der Waals surface area contributed by atoms with Crippen molar-refractivity contribution in [2.75, 3.05) is 18.1 Å². The summed E-state index contributed by atoms with van der Waals surface area (Å²) in [6, 6.07) is 8.14. The van der Waals surface area contributed by atoms with Crippen molar-refractivity contribution in [2.45, 2.75) is 36.8 Å². The topological polar surface area (TPSA) is 32.3 Å². The van der Waals surface area contributed by atoms with Crippen LogP contribution in [0, 0.1) is 0 Å². The van der Waals surface area contributed by atoms with Gasteiger partial charge in [0.2, 0.25) is 0 Å². The van der Waals surface area contributed by atoms with E-state index >= 15 is 0 Å². The van der Waals surface area contributed by atoms with Crippen molar-refractivity contribution >= 4 is 23.5 Å². The van der Waals surface area contributed by atoms with Crippen molar-refractivity contribution < 1.29 is 5.11 Å². The summed E-state index contributed by atoms with van der Waals surface area (Å²) >= 11 is 4.18.